The quantitative estimate of drug-likeness (QED) is 0.836. The van der Waals surface area contributed by atoms with E-state index in [2.05, 4.69) is 12.2 Å². The molecule has 0 aliphatic heterocycles. The van der Waals surface area contributed by atoms with E-state index in [1.807, 2.05) is 18.2 Å². The first kappa shape index (κ1) is 12.1. The van der Waals surface area contributed by atoms with Crippen molar-refractivity contribution in [3.63, 3.8) is 0 Å². The van der Waals surface area contributed by atoms with Gasteiger partial charge in [0.2, 0.25) is 5.91 Å². The van der Waals surface area contributed by atoms with Crippen LogP contribution >= 0.6 is 0 Å². The molecule has 3 heteroatoms. The van der Waals surface area contributed by atoms with Gasteiger partial charge in [-0.3, -0.25) is 4.79 Å². The molecule has 1 saturated carbocycles. The third-order valence-corrected chi connectivity index (χ3v) is 3.64. The summed E-state index contributed by atoms with van der Waals surface area (Å²) in [5.41, 5.74) is 7.24. The highest BCUT2D eigenvalue weighted by Gasteiger charge is 2.27. The molecule has 0 saturated heterocycles. The molecule has 0 radical (unpaired) electrons. The molecular formula is C14H20N2O. The van der Waals surface area contributed by atoms with Crippen molar-refractivity contribution < 1.29 is 4.79 Å². The lowest BCUT2D eigenvalue weighted by Gasteiger charge is -2.25. The third-order valence-electron chi connectivity index (χ3n) is 3.64. The van der Waals surface area contributed by atoms with Crippen molar-refractivity contribution in [1.29, 1.82) is 0 Å². The van der Waals surface area contributed by atoms with Crippen LogP contribution in [-0.4, -0.2) is 11.4 Å². The number of nitrogens with one attached hydrogen (secondary N) is 1. The maximum absolute atomic E-state index is 11.1. The minimum absolute atomic E-state index is 0.267. The zero-order chi connectivity index (χ0) is 12.3. The van der Waals surface area contributed by atoms with Gasteiger partial charge < -0.3 is 11.1 Å². The van der Waals surface area contributed by atoms with Gasteiger partial charge in [-0.1, -0.05) is 25.0 Å². The monoisotopic (exact) mass is 232 g/mol. The van der Waals surface area contributed by atoms with Crippen LogP contribution < -0.4 is 11.1 Å². The minimum Gasteiger partial charge on any atom is -0.366 e. The number of carbonyl (C=O) groups excluding carboxylic acids is 1. The van der Waals surface area contributed by atoms with Gasteiger partial charge in [0.25, 0.3) is 0 Å². The summed E-state index contributed by atoms with van der Waals surface area (Å²) in [7, 11) is 0. The summed E-state index contributed by atoms with van der Waals surface area (Å²) in [5, 5.41) is 3.59. The highest BCUT2D eigenvalue weighted by atomic mass is 16.1. The largest absolute Gasteiger partial charge is 0.366 e. The minimum atomic E-state index is -0.362. The SMILES string of the molecule is CC1(NCc2cccc(C(N)=O)c2)CCCC1. The average Bonchev–Trinajstić information content (AvgIpc) is 2.75. The molecule has 92 valence electrons. The molecule has 1 amide bonds. The molecule has 1 aromatic carbocycles. The van der Waals surface area contributed by atoms with Crippen LogP contribution in [-0.2, 0) is 6.54 Å². The lowest BCUT2D eigenvalue weighted by Crippen LogP contribution is -2.38. The van der Waals surface area contributed by atoms with Gasteiger partial charge in [-0.2, -0.15) is 0 Å². The highest BCUT2D eigenvalue weighted by Crippen LogP contribution is 2.29. The van der Waals surface area contributed by atoms with E-state index in [1.54, 1.807) is 6.07 Å². The molecule has 1 fully saturated rings. The molecule has 0 aromatic heterocycles. The number of nitrogens with two attached hydrogens (primary N) is 1. The standard InChI is InChI=1S/C14H20N2O/c1-14(7-2-3-8-14)16-10-11-5-4-6-12(9-11)13(15)17/h4-6,9,16H,2-3,7-8,10H2,1H3,(H2,15,17). The van der Waals surface area contributed by atoms with Gasteiger partial charge in [0, 0.05) is 17.6 Å². The molecular weight excluding hydrogens is 212 g/mol. The fourth-order valence-corrected chi connectivity index (χ4v) is 2.48. The summed E-state index contributed by atoms with van der Waals surface area (Å²) in [6.07, 6.45) is 5.10. The van der Waals surface area contributed by atoms with Gasteiger partial charge >= 0.3 is 0 Å². The Hall–Kier alpha value is -1.35. The first-order chi connectivity index (χ1) is 8.09. The van der Waals surface area contributed by atoms with Crippen molar-refractivity contribution in [2.45, 2.75) is 44.7 Å². The van der Waals surface area contributed by atoms with Crippen LogP contribution in [0, 0.1) is 0 Å². The van der Waals surface area contributed by atoms with Crippen molar-refractivity contribution in [3.8, 4) is 0 Å². The van der Waals surface area contributed by atoms with Crippen LogP contribution in [0.2, 0.25) is 0 Å². The normalized spacial score (nSPS) is 18.2. The van der Waals surface area contributed by atoms with E-state index >= 15 is 0 Å². The Bertz CT molecular complexity index is 408. The number of carbonyl (C=O) groups is 1. The zero-order valence-electron chi connectivity index (χ0n) is 10.3. The lowest BCUT2D eigenvalue weighted by atomic mass is 10.00. The summed E-state index contributed by atoms with van der Waals surface area (Å²) < 4.78 is 0. The maximum Gasteiger partial charge on any atom is 0.248 e. The summed E-state index contributed by atoms with van der Waals surface area (Å²) in [6, 6.07) is 7.53. The Morgan fingerprint density at radius 3 is 2.76 bits per heavy atom. The molecule has 1 aliphatic carbocycles. The molecule has 1 aromatic rings. The molecule has 17 heavy (non-hydrogen) atoms. The van der Waals surface area contributed by atoms with Crippen molar-refractivity contribution in [2.24, 2.45) is 5.73 Å². The van der Waals surface area contributed by atoms with Gasteiger partial charge in [-0.25, -0.2) is 0 Å². The van der Waals surface area contributed by atoms with E-state index in [0.29, 0.717) is 5.56 Å². The first-order valence-electron chi connectivity index (χ1n) is 6.23. The average molecular weight is 232 g/mol. The summed E-state index contributed by atoms with van der Waals surface area (Å²) in [4.78, 5) is 11.1. The van der Waals surface area contributed by atoms with Crippen LogP contribution in [0.5, 0.6) is 0 Å². The fraction of sp³-hybridized carbons (Fsp3) is 0.500. The second kappa shape index (κ2) is 4.88. The molecule has 0 atom stereocenters. The molecule has 0 bridgehead atoms. The van der Waals surface area contributed by atoms with Gasteiger partial charge in [0.15, 0.2) is 0 Å². The number of hydrogen-bond acceptors (Lipinski definition) is 2. The van der Waals surface area contributed by atoms with Crippen LogP contribution in [0.15, 0.2) is 24.3 Å². The summed E-state index contributed by atoms with van der Waals surface area (Å²) >= 11 is 0. The molecule has 1 aliphatic rings. The van der Waals surface area contributed by atoms with Crippen molar-refractivity contribution in [3.05, 3.63) is 35.4 Å². The van der Waals surface area contributed by atoms with E-state index < -0.39 is 0 Å². The second-order valence-electron chi connectivity index (χ2n) is 5.19. The number of amides is 1. The Kier molecular flexibility index (Phi) is 3.48. The number of benzene rings is 1. The maximum atomic E-state index is 11.1. The van der Waals surface area contributed by atoms with Gasteiger partial charge in [0.1, 0.15) is 0 Å². The summed E-state index contributed by atoms with van der Waals surface area (Å²) in [6.45, 7) is 3.08. The Balaban J connectivity index is 1.99. The smallest absolute Gasteiger partial charge is 0.248 e. The fourth-order valence-electron chi connectivity index (χ4n) is 2.48. The van der Waals surface area contributed by atoms with E-state index in [9.17, 15) is 4.79 Å². The molecule has 0 heterocycles. The topological polar surface area (TPSA) is 55.1 Å². The van der Waals surface area contributed by atoms with Crippen LogP contribution in [0.4, 0.5) is 0 Å². The number of primary amides is 1. The molecule has 0 unspecified atom stereocenters. The van der Waals surface area contributed by atoms with E-state index in [4.69, 9.17) is 5.73 Å². The Morgan fingerprint density at radius 2 is 2.12 bits per heavy atom. The predicted octanol–water partition coefficient (Wildman–Crippen LogP) is 2.21. The van der Waals surface area contributed by atoms with Crippen molar-refractivity contribution in [1.82, 2.24) is 5.32 Å². The van der Waals surface area contributed by atoms with E-state index in [0.717, 1.165) is 12.1 Å². The van der Waals surface area contributed by atoms with Crippen molar-refractivity contribution in [2.75, 3.05) is 0 Å². The third kappa shape index (κ3) is 3.07. The van der Waals surface area contributed by atoms with Crippen LogP contribution in [0.3, 0.4) is 0 Å². The first-order valence-corrected chi connectivity index (χ1v) is 6.23. The summed E-state index contributed by atoms with van der Waals surface area (Å²) in [5.74, 6) is -0.362. The predicted molar refractivity (Wildman–Crippen MR) is 68.7 cm³/mol. The van der Waals surface area contributed by atoms with Crippen LogP contribution in [0.25, 0.3) is 0 Å². The Morgan fingerprint density at radius 1 is 1.41 bits per heavy atom. The molecule has 3 N–H and O–H groups in total. The number of hydrogen-bond donors (Lipinski definition) is 2. The van der Waals surface area contributed by atoms with E-state index in [-0.39, 0.29) is 11.4 Å². The molecule has 3 nitrogen and oxygen atoms in total. The highest BCUT2D eigenvalue weighted by molar-refractivity contribution is 5.92. The zero-order valence-corrected chi connectivity index (χ0v) is 10.3. The van der Waals surface area contributed by atoms with Gasteiger partial charge in [-0.05, 0) is 37.5 Å². The second-order valence-corrected chi connectivity index (χ2v) is 5.19. The Labute approximate surface area is 102 Å². The van der Waals surface area contributed by atoms with Crippen LogP contribution in [0.1, 0.15) is 48.5 Å². The van der Waals surface area contributed by atoms with Gasteiger partial charge in [0.05, 0.1) is 0 Å². The molecule has 2 rings (SSSR count). The van der Waals surface area contributed by atoms with E-state index in [1.165, 1.54) is 25.7 Å². The number of rotatable bonds is 4. The molecule has 0 spiro atoms. The van der Waals surface area contributed by atoms with Crippen molar-refractivity contribution >= 4 is 5.91 Å². The lowest BCUT2D eigenvalue weighted by molar-refractivity contribution is 0.1000. The van der Waals surface area contributed by atoms with Gasteiger partial charge in [-0.15, -0.1) is 0 Å².